The molecule has 1 N–H and O–H groups in total. The zero-order chi connectivity index (χ0) is 16.3. The van der Waals surface area contributed by atoms with Crippen LogP contribution in [0.3, 0.4) is 0 Å². The highest BCUT2D eigenvalue weighted by Gasteiger charge is 2.37. The Morgan fingerprint density at radius 1 is 1.14 bits per heavy atom. The van der Waals surface area contributed by atoms with Gasteiger partial charge in [0.05, 0.1) is 11.5 Å². The third kappa shape index (κ3) is 3.67. The van der Waals surface area contributed by atoms with Crippen molar-refractivity contribution in [2.75, 3.05) is 0 Å². The Balaban J connectivity index is 2.20. The Morgan fingerprint density at radius 2 is 1.77 bits per heavy atom. The summed E-state index contributed by atoms with van der Waals surface area (Å²) in [6.07, 6.45) is -2.11. The Morgan fingerprint density at radius 3 is 2.41 bits per heavy atom. The Bertz CT molecular complexity index is 566. The highest BCUT2D eigenvalue weighted by Crippen LogP contribution is 2.36. The minimum absolute atomic E-state index is 0.149. The first kappa shape index (κ1) is 16.5. The van der Waals surface area contributed by atoms with Crippen molar-refractivity contribution in [3.8, 4) is 0 Å². The van der Waals surface area contributed by atoms with E-state index < -0.39 is 29.4 Å². The molecule has 0 amide bonds. The van der Waals surface area contributed by atoms with Crippen molar-refractivity contribution >= 4 is 11.8 Å². The van der Waals surface area contributed by atoms with Crippen LogP contribution in [-0.2, 0) is 11.0 Å². The van der Waals surface area contributed by atoms with Gasteiger partial charge in [0.25, 0.3) is 0 Å². The summed E-state index contributed by atoms with van der Waals surface area (Å²) >= 11 is 0. The molecule has 0 aliphatic heterocycles. The zero-order valence-electron chi connectivity index (χ0n) is 11.9. The molecule has 0 spiro atoms. The number of ketones is 1. The van der Waals surface area contributed by atoms with Crippen LogP contribution in [0.25, 0.3) is 0 Å². The SMILES string of the molecule is O=C(C[C@H]1CCCC[C@@H]1C(=O)O)c1ccccc1C(F)(F)F. The molecule has 3 nitrogen and oxygen atoms in total. The van der Waals surface area contributed by atoms with Gasteiger partial charge >= 0.3 is 12.1 Å². The van der Waals surface area contributed by atoms with Gasteiger partial charge < -0.3 is 5.11 Å². The molecule has 1 aromatic carbocycles. The van der Waals surface area contributed by atoms with E-state index >= 15 is 0 Å². The van der Waals surface area contributed by atoms with Crippen molar-refractivity contribution < 1.29 is 27.9 Å². The van der Waals surface area contributed by atoms with E-state index in [0.29, 0.717) is 12.8 Å². The molecular weight excluding hydrogens is 297 g/mol. The lowest BCUT2D eigenvalue weighted by Gasteiger charge is -2.28. The zero-order valence-corrected chi connectivity index (χ0v) is 11.9. The van der Waals surface area contributed by atoms with Gasteiger partial charge in [0, 0.05) is 12.0 Å². The molecule has 120 valence electrons. The summed E-state index contributed by atoms with van der Waals surface area (Å²) in [7, 11) is 0. The Labute approximate surface area is 126 Å². The molecule has 22 heavy (non-hydrogen) atoms. The fourth-order valence-corrected chi connectivity index (χ4v) is 3.10. The maximum atomic E-state index is 12.9. The summed E-state index contributed by atoms with van der Waals surface area (Å²) in [5.41, 5.74) is -1.33. The third-order valence-electron chi connectivity index (χ3n) is 4.21. The number of Topliss-reactive ketones (excluding diaryl/α,β-unsaturated/α-hetero) is 1. The van der Waals surface area contributed by atoms with E-state index in [0.717, 1.165) is 25.0 Å². The first-order chi connectivity index (χ1) is 10.3. The van der Waals surface area contributed by atoms with E-state index in [1.807, 2.05) is 0 Å². The van der Waals surface area contributed by atoms with Gasteiger partial charge in [0.2, 0.25) is 0 Å². The van der Waals surface area contributed by atoms with Crippen LogP contribution in [0, 0.1) is 11.8 Å². The van der Waals surface area contributed by atoms with Crippen LogP contribution in [0.15, 0.2) is 24.3 Å². The lowest BCUT2D eigenvalue weighted by molar-refractivity contribution is -0.145. The second-order valence-electron chi connectivity index (χ2n) is 5.66. The van der Waals surface area contributed by atoms with Gasteiger partial charge in [0.1, 0.15) is 0 Å². The number of carbonyl (C=O) groups is 2. The summed E-state index contributed by atoms with van der Waals surface area (Å²) in [4.78, 5) is 23.5. The van der Waals surface area contributed by atoms with E-state index in [1.54, 1.807) is 0 Å². The quantitative estimate of drug-likeness (QED) is 0.849. The normalized spacial score (nSPS) is 22.3. The summed E-state index contributed by atoms with van der Waals surface area (Å²) in [6.45, 7) is 0. The molecule has 2 atom stereocenters. The van der Waals surface area contributed by atoms with Crippen molar-refractivity contribution in [2.45, 2.75) is 38.3 Å². The molecule has 1 fully saturated rings. The molecular formula is C16H17F3O3. The van der Waals surface area contributed by atoms with Gasteiger partial charge in [-0.2, -0.15) is 13.2 Å². The molecule has 0 saturated heterocycles. The minimum Gasteiger partial charge on any atom is -0.481 e. The van der Waals surface area contributed by atoms with Gasteiger partial charge in [-0.15, -0.1) is 0 Å². The number of halogens is 3. The Kier molecular flexibility index (Phi) is 4.88. The van der Waals surface area contributed by atoms with E-state index in [4.69, 9.17) is 0 Å². The van der Waals surface area contributed by atoms with Gasteiger partial charge in [-0.25, -0.2) is 0 Å². The monoisotopic (exact) mass is 314 g/mol. The summed E-state index contributed by atoms with van der Waals surface area (Å²) < 4.78 is 38.8. The molecule has 6 heteroatoms. The van der Waals surface area contributed by atoms with Crippen molar-refractivity contribution in [2.24, 2.45) is 11.8 Å². The molecule has 0 aromatic heterocycles. The molecule has 1 aromatic rings. The number of carbonyl (C=O) groups excluding carboxylic acids is 1. The number of hydrogen-bond acceptors (Lipinski definition) is 2. The van der Waals surface area contributed by atoms with Gasteiger partial charge in [-0.05, 0) is 24.8 Å². The summed E-state index contributed by atoms with van der Waals surface area (Å²) in [5.74, 6) is -2.64. The summed E-state index contributed by atoms with van der Waals surface area (Å²) in [6, 6.07) is 4.66. The number of aliphatic carboxylic acids is 1. The average molecular weight is 314 g/mol. The molecule has 1 aliphatic rings. The molecule has 1 saturated carbocycles. The second-order valence-corrected chi connectivity index (χ2v) is 5.66. The smallest absolute Gasteiger partial charge is 0.417 e. The lowest BCUT2D eigenvalue weighted by Crippen LogP contribution is -2.29. The molecule has 0 unspecified atom stereocenters. The van der Waals surface area contributed by atoms with Gasteiger partial charge in [0.15, 0.2) is 5.78 Å². The maximum Gasteiger partial charge on any atom is 0.417 e. The average Bonchev–Trinajstić information content (AvgIpc) is 2.46. The lowest BCUT2D eigenvalue weighted by atomic mass is 9.76. The maximum absolute atomic E-state index is 12.9. The van der Waals surface area contributed by atoms with Crippen LogP contribution in [-0.4, -0.2) is 16.9 Å². The number of hydrogen-bond donors (Lipinski definition) is 1. The van der Waals surface area contributed by atoms with Crippen molar-refractivity contribution in [1.29, 1.82) is 0 Å². The topological polar surface area (TPSA) is 54.4 Å². The van der Waals surface area contributed by atoms with Crippen LogP contribution >= 0.6 is 0 Å². The molecule has 0 bridgehead atoms. The van der Waals surface area contributed by atoms with Crippen LogP contribution in [0.2, 0.25) is 0 Å². The predicted molar refractivity (Wildman–Crippen MR) is 73.5 cm³/mol. The van der Waals surface area contributed by atoms with Gasteiger partial charge in [-0.1, -0.05) is 31.0 Å². The van der Waals surface area contributed by atoms with Crippen LogP contribution in [0.4, 0.5) is 13.2 Å². The van der Waals surface area contributed by atoms with Crippen molar-refractivity contribution in [1.82, 2.24) is 0 Å². The summed E-state index contributed by atoms with van der Waals surface area (Å²) in [5, 5.41) is 9.18. The highest BCUT2D eigenvalue weighted by molar-refractivity contribution is 5.98. The van der Waals surface area contributed by atoms with Crippen LogP contribution in [0.5, 0.6) is 0 Å². The number of rotatable bonds is 4. The van der Waals surface area contributed by atoms with E-state index in [9.17, 15) is 27.9 Å². The predicted octanol–water partition coefficient (Wildman–Crippen LogP) is 4.17. The van der Waals surface area contributed by atoms with E-state index in [-0.39, 0.29) is 17.9 Å². The molecule has 2 rings (SSSR count). The van der Waals surface area contributed by atoms with Crippen LogP contribution < -0.4 is 0 Å². The van der Waals surface area contributed by atoms with E-state index in [1.165, 1.54) is 12.1 Å². The first-order valence-electron chi connectivity index (χ1n) is 7.23. The molecule has 1 aliphatic carbocycles. The minimum atomic E-state index is -4.59. The standard InChI is InChI=1S/C16H17F3O3/c17-16(18,19)13-8-4-3-7-12(13)14(20)9-10-5-1-2-6-11(10)15(21)22/h3-4,7-8,10-11H,1-2,5-6,9H2,(H,21,22)/t10-,11+/m1/s1. The number of carboxylic acid groups (broad SMARTS) is 1. The van der Waals surface area contributed by atoms with Gasteiger partial charge in [-0.3, -0.25) is 9.59 Å². The molecule has 0 heterocycles. The second kappa shape index (κ2) is 6.50. The first-order valence-corrected chi connectivity index (χ1v) is 7.23. The largest absolute Gasteiger partial charge is 0.481 e. The highest BCUT2D eigenvalue weighted by atomic mass is 19.4. The van der Waals surface area contributed by atoms with Crippen molar-refractivity contribution in [3.63, 3.8) is 0 Å². The fourth-order valence-electron chi connectivity index (χ4n) is 3.10. The Hall–Kier alpha value is -1.85. The van der Waals surface area contributed by atoms with Crippen molar-refractivity contribution in [3.05, 3.63) is 35.4 Å². The third-order valence-corrected chi connectivity index (χ3v) is 4.21. The van der Waals surface area contributed by atoms with E-state index in [2.05, 4.69) is 0 Å². The number of carboxylic acids is 1. The number of alkyl halides is 3. The molecule has 0 radical (unpaired) electrons. The van der Waals surface area contributed by atoms with Crippen LogP contribution in [0.1, 0.15) is 48.0 Å². The fraction of sp³-hybridized carbons (Fsp3) is 0.500. The number of benzene rings is 1.